The summed E-state index contributed by atoms with van der Waals surface area (Å²) in [6.45, 7) is 1.64. The molecule has 1 heterocycles. The summed E-state index contributed by atoms with van der Waals surface area (Å²) in [6, 6.07) is 15.5. The highest BCUT2D eigenvalue weighted by atomic mass is 35.5. The van der Waals surface area contributed by atoms with Gasteiger partial charge in [-0.15, -0.1) is 0 Å². The second kappa shape index (κ2) is 10.6. The first-order valence-corrected chi connectivity index (χ1v) is 13.3. The zero-order valence-corrected chi connectivity index (χ0v) is 21.2. The lowest BCUT2D eigenvalue weighted by Crippen LogP contribution is -2.23. The van der Waals surface area contributed by atoms with Gasteiger partial charge in [0.25, 0.3) is 15.9 Å². The molecule has 1 amide bonds. The van der Waals surface area contributed by atoms with Gasteiger partial charge in [0.05, 0.1) is 21.7 Å². The Labute approximate surface area is 214 Å². The van der Waals surface area contributed by atoms with Crippen LogP contribution in [0.15, 0.2) is 76.6 Å². The minimum Gasteiger partial charge on any atom is -0.465 e. The Morgan fingerprint density at radius 1 is 1.11 bits per heavy atom. The second-order valence-corrected chi connectivity index (χ2v) is 10.6. The molecule has 0 bridgehead atoms. The smallest absolute Gasteiger partial charge is 0.326 e. The van der Waals surface area contributed by atoms with E-state index >= 15 is 0 Å². The van der Waals surface area contributed by atoms with E-state index in [1.807, 2.05) is 0 Å². The van der Waals surface area contributed by atoms with Crippen molar-refractivity contribution in [1.82, 2.24) is 4.57 Å². The van der Waals surface area contributed by atoms with Crippen molar-refractivity contribution in [1.29, 1.82) is 0 Å². The van der Waals surface area contributed by atoms with Crippen LogP contribution in [0.25, 0.3) is 10.2 Å². The van der Waals surface area contributed by atoms with Gasteiger partial charge in [0.15, 0.2) is 4.80 Å². The minimum atomic E-state index is -3.92. The fourth-order valence-corrected chi connectivity index (χ4v) is 5.54. The molecule has 1 aromatic heterocycles. The molecule has 0 aliphatic carbocycles. The second-order valence-electron chi connectivity index (χ2n) is 7.45. The van der Waals surface area contributed by atoms with Crippen molar-refractivity contribution in [3.8, 4) is 0 Å². The molecule has 0 aliphatic heterocycles. The molecule has 36 heavy (non-hydrogen) atoms. The Balaban J connectivity index is 1.68. The maximum atomic E-state index is 13.8. The lowest BCUT2D eigenvalue weighted by molar-refractivity contribution is -0.143. The molecule has 4 aromatic rings. The summed E-state index contributed by atoms with van der Waals surface area (Å²) < 4.78 is 48.5. The van der Waals surface area contributed by atoms with Crippen LogP contribution in [-0.4, -0.2) is 31.5 Å². The zero-order valence-electron chi connectivity index (χ0n) is 18.8. The Bertz CT molecular complexity index is 1630. The van der Waals surface area contributed by atoms with Gasteiger partial charge in [-0.3, -0.25) is 14.3 Å². The van der Waals surface area contributed by atoms with E-state index < -0.39 is 27.7 Å². The number of benzene rings is 3. The van der Waals surface area contributed by atoms with Crippen molar-refractivity contribution in [3.05, 3.63) is 87.9 Å². The number of sulfonamides is 1. The highest BCUT2D eigenvalue weighted by Crippen LogP contribution is 2.21. The van der Waals surface area contributed by atoms with Crippen LogP contribution in [0.5, 0.6) is 0 Å². The van der Waals surface area contributed by atoms with Crippen molar-refractivity contribution in [2.75, 3.05) is 11.3 Å². The summed E-state index contributed by atoms with van der Waals surface area (Å²) in [4.78, 5) is 29.4. The third-order valence-corrected chi connectivity index (χ3v) is 7.61. The maximum Gasteiger partial charge on any atom is 0.326 e. The largest absolute Gasteiger partial charge is 0.465 e. The summed E-state index contributed by atoms with van der Waals surface area (Å²) in [5, 5.41) is 0.396. The van der Waals surface area contributed by atoms with E-state index in [0.29, 0.717) is 15.2 Å². The van der Waals surface area contributed by atoms with E-state index in [0.717, 1.165) is 11.3 Å². The topological polar surface area (TPSA) is 107 Å². The number of nitrogens with one attached hydrogen (secondary N) is 1. The average molecular weight is 548 g/mol. The van der Waals surface area contributed by atoms with E-state index in [4.69, 9.17) is 16.3 Å². The molecule has 0 aliphatic rings. The number of carbonyl (C=O) groups excluding carboxylic acids is 2. The van der Waals surface area contributed by atoms with Crippen LogP contribution >= 0.6 is 22.9 Å². The maximum absolute atomic E-state index is 13.8. The Morgan fingerprint density at radius 2 is 1.86 bits per heavy atom. The van der Waals surface area contributed by atoms with Crippen molar-refractivity contribution in [3.63, 3.8) is 0 Å². The quantitative estimate of drug-likeness (QED) is 0.340. The molecule has 0 atom stereocenters. The van der Waals surface area contributed by atoms with Crippen LogP contribution in [0.4, 0.5) is 10.1 Å². The van der Waals surface area contributed by atoms with Crippen molar-refractivity contribution < 1.29 is 27.1 Å². The third-order valence-electron chi connectivity index (χ3n) is 4.92. The number of carbonyl (C=O) groups is 2. The molecule has 12 heteroatoms. The first-order chi connectivity index (χ1) is 17.2. The van der Waals surface area contributed by atoms with E-state index in [-0.39, 0.29) is 34.1 Å². The Kier molecular flexibility index (Phi) is 7.53. The number of halogens is 2. The van der Waals surface area contributed by atoms with Crippen molar-refractivity contribution >= 4 is 60.7 Å². The number of aromatic nitrogens is 1. The number of nitrogens with zero attached hydrogens (tertiary/aromatic N) is 2. The molecule has 186 valence electrons. The average Bonchev–Trinajstić information content (AvgIpc) is 3.15. The van der Waals surface area contributed by atoms with Crippen LogP contribution < -0.4 is 9.52 Å². The fourth-order valence-electron chi connectivity index (χ4n) is 3.32. The molecule has 0 spiro atoms. The molecule has 4 rings (SSSR count). The number of thiazole rings is 1. The van der Waals surface area contributed by atoms with Gasteiger partial charge in [0.2, 0.25) is 0 Å². The van der Waals surface area contributed by atoms with Gasteiger partial charge in [0.1, 0.15) is 12.4 Å². The number of hydrogen-bond acceptors (Lipinski definition) is 6. The van der Waals surface area contributed by atoms with Gasteiger partial charge >= 0.3 is 5.97 Å². The number of esters is 1. The van der Waals surface area contributed by atoms with Crippen LogP contribution in [0.2, 0.25) is 5.02 Å². The van der Waals surface area contributed by atoms with Crippen LogP contribution in [-0.2, 0) is 26.1 Å². The SMILES string of the molecule is CCOC(=O)Cn1c(=NC(=O)c2cccc(NS(=O)(=O)c3ccc(Cl)cc3)c2)sc2cc(F)ccc21. The van der Waals surface area contributed by atoms with Gasteiger partial charge < -0.3 is 9.30 Å². The van der Waals surface area contributed by atoms with Crippen molar-refractivity contribution in [2.24, 2.45) is 4.99 Å². The van der Waals surface area contributed by atoms with E-state index in [2.05, 4.69) is 9.71 Å². The van der Waals surface area contributed by atoms with E-state index in [9.17, 15) is 22.4 Å². The molecule has 0 radical (unpaired) electrons. The molecule has 0 fully saturated rings. The molecule has 8 nitrogen and oxygen atoms in total. The van der Waals surface area contributed by atoms with Crippen LogP contribution in [0, 0.1) is 5.82 Å². The summed E-state index contributed by atoms with van der Waals surface area (Å²) in [5.74, 6) is -1.67. The lowest BCUT2D eigenvalue weighted by Gasteiger charge is -2.09. The monoisotopic (exact) mass is 547 g/mol. The summed E-state index contributed by atoms with van der Waals surface area (Å²) in [7, 11) is -3.92. The number of rotatable bonds is 7. The molecule has 0 unspecified atom stereocenters. The molecule has 3 aromatic carbocycles. The molecular weight excluding hydrogens is 529 g/mol. The van der Waals surface area contributed by atoms with Gasteiger partial charge in [-0.05, 0) is 67.6 Å². The normalized spacial score (nSPS) is 12.0. The first-order valence-electron chi connectivity index (χ1n) is 10.6. The number of amides is 1. The van der Waals surface area contributed by atoms with Crippen LogP contribution in [0.1, 0.15) is 17.3 Å². The van der Waals surface area contributed by atoms with Gasteiger partial charge in [-0.2, -0.15) is 4.99 Å². The number of fused-ring (bicyclic) bond motifs is 1. The number of anilines is 1. The highest BCUT2D eigenvalue weighted by Gasteiger charge is 2.16. The first kappa shape index (κ1) is 25.5. The lowest BCUT2D eigenvalue weighted by atomic mass is 10.2. The van der Waals surface area contributed by atoms with E-state index in [1.54, 1.807) is 6.92 Å². The predicted molar refractivity (Wildman–Crippen MR) is 135 cm³/mol. The summed E-state index contributed by atoms with van der Waals surface area (Å²) >= 11 is 6.86. The van der Waals surface area contributed by atoms with E-state index in [1.165, 1.54) is 71.3 Å². The highest BCUT2D eigenvalue weighted by molar-refractivity contribution is 7.92. The zero-order chi connectivity index (χ0) is 25.9. The minimum absolute atomic E-state index is 0.00540. The Morgan fingerprint density at radius 3 is 2.58 bits per heavy atom. The van der Waals surface area contributed by atoms with Crippen LogP contribution in [0.3, 0.4) is 0 Å². The molecule has 1 N–H and O–H groups in total. The standard InChI is InChI=1S/C24H19ClFN3O5S2/c1-2-34-22(30)14-29-20-11-8-17(26)13-21(20)35-24(29)27-23(31)15-4-3-5-18(12-15)28-36(32,33)19-9-6-16(25)7-10-19/h3-13,28H,2,14H2,1H3. The fraction of sp³-hybridized carbons (Fsp3) is 0.125. The molecule has 0 saturated carbocycles. The third kappa shape index (κ3) is 5.81. The molecule has 0 saturated heterocycles. The predicted octanol–water partition coefficient (Wildman–Crippen LogP) is 4.60. The summed E-state index contributed by atoms with van der Waals surface area (Å²) in [6.07, 6.45) is 0. The van der Waals surface area contributed by atoms with Crippen molar-refractivity contribution in [2.45, 2.75) is 18.4 Å². The summed E-state index contributed by atoms with van der Waals surface area (Å²) in [5.41, 5.74) is 0.784. The van der Waals surface area contributed by atoms with Gasteiger partial charge in [-0.1, -0.05) is 29.0 Å². The number of hydrogen-bond donors (Lipinski definition) is 1. The van der Waals surface area contributed by atoms with Gasteiger partial charge in [-0.25, -0.2) is 12.8 Å². The molecular formula is C24H19ClFN3O5S2. The Hall–Kier alpha value is -3.54. The van der Waals surface area contributed by atoms with Gasteiger partial charge in [0, 0.05) is 16.3 Å². The number of ether oxygens (including phenoxy) is 1.